The lowest BCUT2D eigenvalue weighted by Gasteiger charge is -2.28. The van der Waals surface area contributed by atoms with Crippen LogP contribution in [0.25, 0.3) is 0 Å². The second kappa shape index (κ2) is 9.09. The highest BCUT2D eigenvalue weighted by Crippen LogP contribution is 2.24. The van der Waals surface area contributed by atoms with E-state index in [1.165, 1.54) is 4.90 Å². The summed E-state index contributed by atoms with van der Waals surface area (Å²) in [4.78, 5) is 26.2. The third-order valence-electron chi connectivity index (χ3n) is 4.58. The number of benzene rings is 2. The third-order valence-corrected chi connectivity index (χ3v) is 6.33. The van der Waals surface area contributed by atoms with Gasteiger partial charge in [0.2, 0.25) is 0 Å². The quantitative estimate of drug-likeness (QED) is 0.641. The van der Waals surface area contributed by atoms with E-state index in [1.807, 2.05) is 19.1 Å². The van der Waals surface area contributed by atoms with E-state index in [2.05, 4.69) is 0 Å². The van der Waals surface area contributed by atoms with Crippen molar-refractivity contribution in [3.05, 3.63) is 60.2 Å². The Kier molecular flexibility index (Phi) is 6.53. The largest absolute Gasteiger partial charge is 0.482 e. The first-order valence-electron chi connectivity index (χ1n) is 9.27. The lowest BCUT2D eigenvalue weighted by molar-refractivity contribution is -0.149. The SMILES string of the molecule is Cc1cccc(OCC(=O)OCC(=O)N(c2ccccc2)[C@H]2CCS(=O)(=O)C2)c1. The molecule has 1 saturated heterocycles. The molecule has 2 aromatic carbocycles. The highest BCUT2D eigenvalue weighted by atomic mass is 32.2. The molecule has 0 N–H and O–H groups in total. The molecule has 0 aliphatic carbocycles. The number of sulfone groups is 1. The molecule has 0 spiro atoms. The van der Waals surface area contributed by atoms with Crippen LogP contribution in [0.5, 0.6) is 5.75 Å². The van der Waals surface area contributed by atoms with E-state index in [0.717, 1.165) is 5.56 Å². The second-order valence-corrected chi connectivity index (χ2v) is 9.15. The van der Waals surface area contributed by atoms with Gasteiger partial charge in [-0.15, -0.1) is 0 Å². The Morgan fingerprint density at radius 3 is 2.48 bits per heavy atom. The summed E-state index contributed by atoms with van der Waals surface area (Å²) in [5, 5.41) is 0. The van der Waals surface area contributed by atoms with E-state index >= 15 is 0 Å². The van der Waals surface area contributed by atoms with Crippen molar-refractivity contribution in [2.75, 3.05) is 29.6 Å². The smallest absolute Gasteiger partial charge is 0.344 e. The van der Waals surface area contributed by atoms with Crippen LogP contribution in [0, 0.1) is 6.92 Å². The van der Waals surface area contributed by atoms with E-state index in [4.69, 9.17) is 9.47 Å². The first kappa shape index (κ1) is 20.9. The lowest BCUT2D eigenvalue weighted by atomic mass is 10.2. The second-order valence-electron chi connectivity index (χ2n) is 6.92. The maximum Gasteiger partial charge on any atom is 0.344 e. The Labute approximate surface area is 170 Å². The van der Waals surface area contributed by atoms with E-state index in [0.29, 0.717) is 17.9 Å². The van der Waals surface area contributed by atoms with Crippen LogP contribution in [-0.4, -0.2) is 51.1 Å². The molecule has 7 nitrogen and oxygen atoms in total. The standard InChI is InChI=1S/C21H23NO6S/c1-16-6-5-9-19(12-16)27-14-21(24)28-13-20(23)22(17-7-3-2-4-8-17)18-10-11-29(25,26)15-18/h2-9,12,18H,10-11,13-15H2,1H3/t18-/m0/s1. The van der Waals surface area contributed by atoms with Crippen LogP contribution in [-0.2, 0) is 24.2 Å². The number of carbonyl (C=O) groups is 2. The molecule has 1 aliphatic rings. The summed E-state index contributed by atoms with van der Waals surface area (Å²) in [5.74, 6) is -0.666. The summed E-state index contributed by atoms with van der Waals surface area (Å²) in [6.45, 7) is 1.10. The Morgan fingerprint density at radius 1 is 1.07 bits per heavy atom. The van der Waals surface area contributed by atoms with E-state index in [-0.39, 0.29) is 18.1 Å². The molecule has 29 heavy (non-hydrogen) atoms. The third kappa shape index (κ3) is 5.80. The topological polar surface area (TPSA) is 90.0 Å². The predicted molar refractivity (Wildman–Crippen MR) is 109 cm³/mol. The van der Waals surface area contributed by atoms with Crippen molar-refractivity contribution < 1.29 is 27.5 Å². The molecule has 1 atom stereocenters. The monoisotopic (exact) mass is 417 g/mol. The molecule has 2 aromatic rings. The van der Waals surface area contributed by atoms with Gasteiger partial charge < -0.3 is 14.4 Å². The van der Waals surface area contributed by atoms with Crippen LogP contribution < -0.4 is 9.64 Å². The summed E-state index contributed by atoms with van der Waals surface area (Å²) < 4.78 is 34.2. The lowest BCUT2D eigenvalue weighted by Crippen LogP contribution is -2.43. The van der Waals surface area contributed by atoms with Gasteiger partial charge in [0.05, 0.1) is 17.5 Å². The van der Waals surface area contributed by atoms with Gasteiger partial charge in [-0.2, -0.15) is 0 Å². The average molecular weight is 417 g/mol. The number of para-hydroxylation sites is 1. The zero-order chi connectivity index (χ0) is 20.9. The first-order valence-corrected chi connectivity index (χ1v) is 11.1. The number of nitrogens with zero attached hydrogens (tertiary/aromatic N) is 1. The number of esters is 1. The fraction of sp³-hybridized carbons (Fsp3) is 0.333. The average Bonchev–Trinajstić information content (AvgIpc) is 3.05. The minimum absolute atomic E-state index is 0.0401. The molecule has 1 amide bonds. The van der Waals surface area contributed by atoms with Gasteiger partial charge in [-0.25, -0.2) is 13.2 Å². The number of hydrogen-bond donors (Lipinski definition) is 0. The van der Waals surface area contributed by atoms with Gasteiger partial charge in [-0.1, -0.05) is 30.3 Å². The molecule has 1 heterocycles. The molecule has 154 valence electrons. The zero-order valence-corrected chi connectivity index (χ0v) is 16.9. The molecule has 1 fully saturated rings. The highest BCUT2D eigenvalue weighted by molar-refractivity contribution is 7.91. The van der Waals surface area contributed by atoms with Crippen LogP contribution in [0.3, 0.4) is 0 Å². The number of carbonyl (C=O) groups excluding carboxylic acids is 2. The number of ether oxygens (including phenoxy) is 2. The summed E-state index contributed by atoms with van der Waals surface area (Å²) in [7, 11) is -3.18. The van der Waals surface area contributed by atoms with E-state index in [1.54, 1.807) is 42.5 Å². The Morgan fingerprint density at radius 2 is 1.83 bits per heavy atom. The number of amides is 1. The summed E-state index contributed by atoms with van der Waals surface area (Å²) in [6, 6.07) is 15.5. The zero-order valence-electron chi connectivity index (χ0n) is 16.1. The number of anilines is 1. The molecule has 0 saturated carbocycles. The van der Waals surface area contributed by atoms with Crippen molar-refractivity contribution in [2.24, 2.45) is 0 Å². The van der Waals surface area contributed by atoms with Gasteiger partial charge in [0, 0.05) is 5.69 Å². The molecule has 0 radical (unpaired) electrons. The van der Waals surface area contributed by atoms with Crippen LogP contribution >= 0.6 is 0 Å². The number of aryl methyl sites for hydroxylation is 1. The molecule has 3 rings (SSSR count). The maximum absolute atomic E-state index is 12.8. The van der Waals surface area contributed by atoms with Crippen LogP contribution in [0.1, 0.15) is 12.0 Å². The molecule has 0 aromatic heterocycles. The fourth-order valence-electron chi connectivity index (χ4n) is 3.23. The van der Waals surface area contributed by atoms with Gasteiger partial charge >= 0.3 is 5.97 Å². The molecule has 1 aliphatic heterocycles. The minimum atomic E-state index is -3.18. The van der Waals surface area contributed by atoms with Gasteiger partial charge in [-0.05, 0) is 43.2 Å². The van der Waals surface area contributed by atoms with Crippen LogP contribution in [0.4, 0.5) is 5.69 Å². The van der Waals surface area contributed by atoms with Crippen molar-refractivity contribution >= 4 is 27.4 Å². The van der Waals surface area contributed by atoms with Crippen molar-refractivity contribution in [1.82, 2.24) is 0 Å². The first-order chi connectivity index (χ1) is 13.8. The highest BCUT2D eigenvalue weighted by Gasteiger charge is 2.35. The van der Waals surface area contributed by atoms with Crippen LogP contribution in [0.2, 0.25) is 0 Å². The summed E-state index contributed by atoms with van der Waals surface area (Å²) in [5.41, 5.74) is 1.57. The molecular formula is C21H23NO6S. The van der Waals surface area contributed by atoms with Crippen molar-refractivity contribution in [2.45, 2.75) is 19.4 Å². The summed E-state index contributed by atoms with van der Waals surface area (Å²) in [6.07, 6.45) is 0.355. The Hall–Kier alpha value is -2.87. The molecule has 0 unspecified atom stereocenters. The van der Waals surface area contributed by atoms with Gasteiger partial charge in [0.25, 0.3) is 5.91 Å². The van der Waals surface area contributed by atoms with Crippen LogP contribution in [0.15, 0.2) is 54.6 Å². The Balaban J connectivity index is 1.60. The normalized spacial score (nSPS) is 17.5. The van der Waals surface area contributed by atoms with Gasteiger partial charge in [-0.3, -0.25) is 4.79 Å². The predicted octanol–water partition coefficient (Wildman–Crippen LogP) is 2.14. The molecular weight excluding hydrogens is 394 g/mol. The molecule has 8 heteroatoms. The number of rotatable bonds is 7. The van der Waals surface area contributed by atoms with E-state index in [9.17, 15) is 18.0 Å². The fourth-order valence-corrected chi connectivity index (χ4v) is 4.93. The summed E-state index contributed by atoms with van der Waals surface area (Å²) >= 11 is 0. The number of hydrogen-bond acceptors (Lipinski definition) is 6. The Bertz CT molecular complexity index is 974. The van der Waals surface area contributed by atoms with Crippen molar-refractivity contribution in [1.29, 1.82) is 0 Å². The minimum Gasteiger partial charge on any atom is -0.482 e. The van der Waals surface area contributed by atoms with Crippen molar-refractivity contribution in [3.63, 3.8) is 0 Å². The maximum atomic E-state index is 12.8. The van der Waals surface area contributed by atoms with Gasteiger partial charge in [0.15, 0.2) is 23.1 Å². The van der Waals surface area contributed by atoms with Crippen molar-refractivity contribution in [3.8, 4) is 5.75 Å². The van der Waals surface area contributed by atoms with Gasteiger partial charge in [0.1, 0.15) is 5.75 Å². The van der Waals surface area contributed by atoms with E-state index < -0.39 is 34.4 Å². The molecule has 0 bridgehead atoms.